The van der Waals surface area contributed by atoms with E-state index < -0.39 is 12.0 Å². The number of nitrogens with two attached hydrogens (primary N) is 1. The van der Waals surface area contributed by atoms with Crippen molar-refractivity contribution >= 4 is 39.4 Å². The Balaban J connectivity index is 2.29. The van der Waals surface area contributed by atoms with Gasteiger partial charge in [0.1, 0.15) is 23.3 Å². The van der Waals surface area contributed by atoms with Crippen molar-refractivity contribution < 1.29 is 8.78 Å². The molecule has 0 spiro atoms. The quantitative estimate of drug-likeness (QED) is 0.847. The van der Waals surface area contributed by atoms with Gasteiger partial charge in [-0.15, -0.1) is 0 Å². The van der Waals surface area contributed by atoms with Gasteiger partial charge in [0.05, 0.1) is 5.39 Å². The van der Waals surface area contributed by atoms with Crippen LogP contribution in [-0.2, 0) is 5.54 Å². The summed E-state index contributed by atoms with van der Waals surface area (Å²) in [6, 6.07) is 0. The van der Waals surface area contributed by atoms with Gasteiger partial charge in [-0.1, -0.05) is 0 Å². The Morgan fingerprint density at radius 1 is 1.41 bits per heavy atom. The third kappa shape index (κ3) is 1.44. The first kappa shape index (κ1) is 11.1. The fraction of sp³-hybridized carbons (Fsp3) is 0.400. The Bertz CT molecular complexity index is 591. The lowest BCUT2D eigenvalue weighted by Gasteiger charge is -2.16. The lowest BCUT2D eigenvalue weighted by Crippen LogP contribution is -2.25. The summed E-state index contributed by atoms with van der Waals surface area (Å²) in [6.07, 6.45) is 1.58. The fourth-order valence-electron chi connectivity index (χ4n) is 2.07. The number of aromatic nitrogens is 3. The highest BCUT2D eigenvalue weighted by Crippen LogP contribution is 2.50. The van der Waals surface area contributed by atoms with Crippen LogP contribution in [0.2, 0.25) is 0 Å². The lowest BCUT2D eigenvalue weighted by atomic mass is 10.3. The Kier molecular flexibility index (Phi) is 2.29. The van der Waals surface area contributed by atoms with Crippen LogP contribution in [0.5, 0.6) is 0 Å². The molecule has 1 aliphatic carbocycles. The molecule has 4 nitrogen and oxygen atoms in total. The number of hydrogen-bond acceptors (Lipinski definition) is 3. The molecule has 1 aliphatic rings. The number of fused-ring (bicyclic) bond motifs is 1. The van der Waals surface area contributed by atoms with Crippen molar-refractivity contribution in [1.29, 1.82) is 0 Å². The monoisotopic (exact) mass is 350 g/mol. The second-order valence-corrected chi connectivity index (χ2v) is 5.37. The van der Waals surface area contributed by atoms with Gasteiger partial charge in [-0.3, -0.25) is 0 Å². The van der Waals surface area contributed by atoms with Gasteiger partial charge in [0, 0.05) is 9.77 Å². The molecular formula is C10H9F2IN4. The van der Waals surface area contributed by atoms with Crippen molar-refractivity contribution in [2.45, 2.75) is 24.8 Å². The molecule has 2 aromatic heterocycles. The van der Waals surface area contributed by atoms with E-state index in [0.717, 1.165) is 3.57 Å². The minimum atomic E-state index is -2.38. The summed E-state index contributed by atoms with van der Waals surface area (Å²) in [5.41, 5.74) is 5.17. The Labute approximate surface area is 109 Å². The van der Waals surface area contributed by atoms with Gasteiger partial charge in [-0.25, -0.2) is 18.7 Å². The molecule has 0 saturated heterocycles. The number of anilines is 1. The Morgan fingerprint density at radius 2 is 2.12 bits per heavy atom. The first-order valence-corrected chi connectivity index (χ1v) is 6.20. The average Bonchev–Trinajstić information content (AvgIpc) is 3.00. The molecule has 0 radical (unpaired) electrons. The molecule has 90 valence electrons. The molecule has 0 aliphatic heterocycles. The van der Waals surface area contributed by atoms with E-state index in [-0.39, 0.29) is 0 Å². The molecule has 0 amide bonds. The summed E-state index contributed by atoms with van der Waals surface area (Å²) in [4.78, 5) is 7.98. The topological polar surface area (TPSA) is 56.7 Å². The summed E-state index contributed by atoms with van der Waals surface area (Å²) in [5, 5.41) is 0.667. The zero-order chi connectivity index (χ0) is 12.2. The molecule has 0 bridgehead atoms. The summed E-state index contributed by atoms with van der Waals surface area (Å²) in [6.45, 7) is 0. The first-order chi connectivity index (χ1) is 8.06. The molecule has 1 fully saturated rings. The van der Waals surface area contributed by atoms with Gasteiger partial charge in [0.2, 0.25) is 0 Å². The Morgan fingerprint density at radius 3 is 2.71 bits per heavy atom. The number of nitrogen functional groups attached to an aromatic ring is 1. The average molecular weight is 350 g/mol. The van der Waals surface area contributed by atoms with Gasteiger partial charge in [-0.05, 0) is 35.4 Å². The largest absolute Gasteiger partial charge is 0.383 e. The van der Waals surface area contributed by atoms with Gasteiger partial charge >= 0.3 is 0 Å². The van der Waals surface area contributed by atoms with E-state index in [1.54, 1.807) is 10.8 Å². The van der Waals surface area contributed by atoms with E-state index in [2.05, 4.69) is 32.6 Å². The second-order valence-electron chi connectivity index (χ2n) is 4.21. The van der Waals surface area contributed by atoms with E-state index in [1.165, 1.54) is 6.33 Å². The minimum Gasteiger partial charge on any atom is -0.383 e. The standard InChI is InChI=1S/C10H9F2IN4/c11-9(12)10(1-2-10)17-3-5(13)6-7(14)15-4-16-8(6)17/h3-4,9H,1-2H2,(H2,14,15,16). The van der Waals surface area contributed by atoms with Crippen LogP contribution >= 0.6 is 22.6 Å². The van der Waals surface area contributed by atoms with Crippen LogP contribution < -0.4 is 5.73 Å². The number of alkyl halides is 2. The fourth-order valence-corrected chi connectivity index (χ4v) is 2.87. The summed E-state index contributed by atoms with van der Waals surface area (Å²) in [5.74, 6) is 0.336. The zero-order valence-electron chi connectivity index (χ0n) is 8.70. The molecular weight excluding hydrogens is 341 g/mol. The third-order valence-corrected chi connectivity index (χ3v) is 4.03. The summed E-state index contributed by atoms with van der Waals surface area (Å²) in [7, 11) is 0. The van der Waals surface area contributed by atoms with Crippen LogP contribution in [0.3, 0.4) is 0 Å². The molecule has 17 heavy (non-hydrogen) atoms. The van der Waals surface area contributed by atoms with Crippen molar-refractivity contribution in [3.05, 3.63) is 16.1 Å². The van der Waals surface area contributed by atoms with Crippen molar-refractivity contribution in [3.8, 4) is 0 Å². The normalized spacial score (nSPS) is 17.9. The van der Waals surface area contributed by atoms with E-state index in [0.29, 0.717) is 29.7 Å². The Hall–Kier alpha value is -0.990. The SMILES string of the molecule is Nc1ncnc2c1c(I)cn2C1(C(F)F)CC1. The predicted molar refractivity (Wildman–Crippen MR) is 67.9 cm³/mol. The highest BCUT2D eigenvalue weighted by molar-refractivity contribution is 14.1. The van der Waals surface area contributed by atoms with Gasteiger partial charge < -0.3 is 10.3 Å². The van der Waals surface area contributed by atoms with E-state index in [4.69, 9.17) is 5.73 Å². The second kappa shape index (κ2) is 3.50. The van der Waals surface area contributed by atoms with E-state index in [9.17, 15) is 8.78 Å². The number of hydrogen-bond donors (Lipinski definition) is 1. The molecule has 1 saturated carbocycles. The van der Waals surface area contributed by atoms with Crippen molar-refractivity contribution in [1.82, 2.24) is 14.5 Å². The maximum atomic E-state index is 13.1. The maximum absolute atomic E-state index is 13.1. The van der Waals surface area contributed by atoms with Crippen LogP contribution in [0.25, 0.3) is 11.0 Å². The minimum absolute atomic E-state index is 0.336. The third-order valence-electron chi connectivity index (χ3n) is 3.21. The van der Waals surface area contributed by atoms with Crippen LogP contribution in [0.15, 0.2) is 12.5 Å². The molecule has 3 rings (SSSR count). The van der Waals surface area contributed by atoms with Crippen molar-refractivity contribution in [3.63, 3.8) is 0 Å². The molecule has 0 unspecified atom stereocenters. The van der Waals surface area contributed by atoms with Gasteiger partial charge in [0.25, 0.3) is 6.43 Å². The molecule has 2 heterocycles. The number of nitrogens with zero attached hydrogens (tertiary/aromatic N) is 3. The highest BCUT2D eigenvalue weighted by atomic mass is 127. The molecule has 2 aromatic rings. The maximum Gasteiger partial charge on any atom is 0.261 e. The summed E-state index contributed by atoms with van der Waals surface area (Å²) >= 11 is 2.07. The van der Waals surface area contributed by atoms with E-state index >= 15 is 0 Å². The smallest absolute Gasteiger partial charge is 0.261 e. The number of halogens is 3. The highest BCUT2D eigenvalue weighted by Gasteiger charge is 2.53. The first-order valence-electron chi connectivity index (χ1n) is 5.12. The molecule has 2 N–H and O–H groups in total. The number of rotatable bonds is 2. The van der Waals surface area contributed by atoms with Crippen LogP contribution in [0.1, 0.15) is 12.8 Å². The van der Waals surface area contributed by atoms with Crippen molar-refractivity contribution in [2.24, 2.45) is 0 Å². The van der Waals surface area contributed by atoms with E-state index in [1.807, 2.05) is 0 Å². The van der Waals surface area contributed by atoms with Crippen molar-refractivity contribution in [2.75, 3.05) is 5.73 Å². The van der Waals surface area contributed by atoms with Crippen LogP contribution in [0, 0.1) is 3.57 Å². The molecule has 0 atom stereocenters. The van der Waals surface area contributed by atoms with Crippen LogP contribution in [0.4, 0.5) is 14.6 Å². The zero-order valence-corrected chi connectivity index (χ0v) is 10.9. The summed E-state index contributed by atoms with van der Waals surface area (Å²) < 4.78 is 28.6. The molecule has 7 heteroatoms. The van der Waals surface area contributed by atoms with Gasteiger partial charge in [0.15, 0.2) is 0 Å². The van der Waals surface area contributed by atoms with Crippen LogP contribution in [-0.4, -0.2) is 21.0 Å². The molecule has 0 aromatic carbocycles. The van der Waals surface area contributed by atoms with Gasteiger partial charge in [-0.2, -0.15) is 0 Å². The lowest BCUT2D eigenvalue weighted by molar-refractivity contribution is 0.0691. The predicted octanol–water partition coefficient (Wildman–Crippen LogP) is 2.37.